The molecule has 2 aliphatic rings. The Bertz CT molecular complexity index is 266. The molecule has 2 rings (SSSR count). The van der Waals surface area contributed by atoms with Gasteiger partial charge in [-0.3, -0.25) is 4.99 Å². The van der Waals surface area contributed by atoms with Gasteiger partial charge < -0.3 is 10.6 Å². The summed E-state index contributed by atoms with van der Waals surface area (Å²) in [6.07, 6.45) is 6.56. The van der Waals surface area contributed by atoms with Gasteiger partial charge in [0.05, 0.1) is 0 Å². The lowest BCUT2D eigenvalue weighted by atomic mass is 9.93. The number of rotatable bonds is 3. The lowest BCUT2D eigenvalue weighted by Gasteiger charge is -2.28. The Morgan fingerprint density at radius 2 is 1.82 bits per heavy atom. The number of hydrogen-bond donors (Lipinski definition) is 1. The number of likely N-dealkylation sites (tertiary alicyclic amines) is 1. The molecule has 0 radical (unpaired) electrons. The summed E-state index contributed by atoms with van der Waals surface area (Å²) < 4.78 is 0. The zero-order chi connectivity index (χ0) is 11.6. The van der Waals surface area contributed by atoms with Gasteiger partial charge in [0, 0.05) is 19.6 Å². The summed E-state index contributed by atoms with van der Waals surface area (Å²) in [5.74, 6) is 1.53. The fourth-order valence-corrected chi connectivity index (χ4v) is 2.54. The van der Waals surface area contributed by atoms with E-state index in [1.165, 1.54) is 32.1 Å². The highest BCUT2D eigenvalue weighted by Gasteiger charge is 2.45. The van der Waals surface area contributed by atoms with Crippen LogP contribution in [0.25, 0.3) is 0 Å². The van der Waals surface area contributed by atoms with Crippen molar-refractivity contribution in [2.45, 2.75) is 46.0 Å². The van der Waals surface area contributed by atoms with Crippen LogP contribution in [0.3, 0.4) is 0 Å². The predicted molar refractivity (Wildman–Crippen MR) is 83.8 cm³/mol. The van der Waals surface area contributed by atoms with Crippen LogP contribution in [0.2, 0.25) is 0 Å². The first-order chi connectivity index (χ1) is 7.64. The molecule has 0 aromatic heterocycles. The fourth-order valence-electron chi connectivity index (χ4n) is 2.54. The number of hydrogen-bond acceptors (Lipinski definition) is 1. The van der Waals surface area contributed by atoms with Gasteiger partial charge in [-0.2, -0.15) is 0 Å². The number of halogens is 1. The number of nitrogens with zero attached hydrogens (tertiary/aromatic N) is 2. The quantitative estimate of drug-likeness (QED) is 0.483. The van der Waals surface area contributed by atoms with Crippen LogP contribution in [0.1, 0.15) is 46.0 Å². The van der Waals surface area contributed by atoms with E-state index in [-0.39, 0.29) is 24.0 Å². The molecule has 3 nitrogen and oxygen atoms in total. The minimum absolute atomic E-state index is 0. The lowest BCUT2D eigenvalue weighted by molar-refractivity contribution is 0.331. The van der Waals surface area contributed by atoms with Crippen molar-refractivity contribution in [2.24, 2.45) is 22.1 Å². The fraction of sp³-hybridized carbons (Fsp3) is 0.923. The molecule has 4 heteroatoms. The summed E-state index contributed by atoms with van der Waals surface area (Å²) in [4.78, 5) is 6.87. The maximum absolute atomic E-state index is 6.06. The second kappa shape index (κ2) is 6.25. The Balaban J connectivity index is 0.00000144. The van der Waals surface area contributed by atoms with E-state index in [1.807, 2.05) is 0 Å². The second-order valence-electron chi connectivity index (χ2n) is 5.74. The Morgan fingerprint density at radius 1 is 1.24 bits per heavy atom. The maximum atomic E-state index is 6.06. The van der Waals surface area contributed by atoms with Crippen molar-refractivity contribution >= 4 is 29.9 Å². The van der Waals surface area contributed by atoms with Crippen molar-refractivity contribution in [1.29, 1.82) is 0 Å². The van der Waals surface area contributed by atoms with Crippen molar-refractivity contribution in [3.63, 3.8) is 0 Å². The maximum Gasteiger partial charge on any atom is 0.191 e. The van der Waals surface area contributed by atoms with Crippen LogP contribution in [0, 0.1) is 11.3 Å². The number of aliphatic imine (C=N–C) groups is 1. The molecule has 100 valence electrons. The molecule has 0 bridgehead atoms. The number of nitrogens with two attached hydrogens (primary N) is 1. The molecule has 1 saturated heterocycles. The van der Waals surface area contributed by atoms with Gasteiger partial charge in [0.1, 0.15) is 0 Å². The normalized spacial score (nSPS) is 23.5. The van der Waals surface area contributed by atoms with Crippen molar-refractivity contribution in [1.82, 2.24) is 4.90 Å². The Kier molecular flexibility index (Phi) is 5.54. The highest BCUT2D eigenvalue weighted by Crippen LogP contribution is 2.51. The molecule has 17 heavy (non-hydrogen) atoms. The van der Waals surface area contributed by atoms with E-state index in [4.69, 9.17) is 5.73 Å². The van der Waals surface area contributed by atoms with Gasteiger partial charge in [-0.05, 0) is 43.4 Å². The van der Waals surface area contributed by atoms with Gasteiger partial charge in [0.15, 0.2) is 5.96 Å². The summed E-state index contributed by atoms with van der Waals surface area (Å²) in [5, 5.41) is 0. The smallest absolute Gasteiger partial charge is 0.191 e. The SMILES string of the molecule is CC(C)C1(CN=C(N)N2CCCCC2)CC1.I. The minimum atomic E-state index is 0. The Hall–Kier alpha value is 0. The first-order valence-electron chi connectivity index (χ1n) is 6.69. The van der Waals surface area contributed by atoms with Crippen LogP contribution >= 0.6 is 24.0 Å². The molecule has 0 aromatic carbocycles. The average Bonchev–Trinajstić information content (AvgIpc) is 3.08. The lowest BCUT2D eigenvalue weighted by Crippen LogP contribution is -2.41. The van der Waals surface area contributed by atoms with Crippen molar-refractivity contribution in [3.05, 3.63) is 0 Å². The molecule has 0 aromatic rings. The molecule has 0 unspecified atom stereocenters. The molecule has 2 N–H and O–H groups in total. The molecular weight excluding hydrogens is 325 g/mol. The molecule has 0 amide bonds. The zero-order valence-electron chi connectivity index (χ0n) is 11.1. The van der Waals surface area contributed by atoms with E-state index in [2.05, 4.69) is 23.7 Å². The van der Waals surface area contributed by atoms with Gasteiger partial charge in [-0.15, -0.1) is 24.0 Å². The van der Waals surface area contributed by atoms with Crippen molar-refractivity contribution < 1.29 is 0 Å². The van der Waals surface area contributed by atoms with E-state index < -0.39 is 0 Å². The minimum Gasteiger partial charge on any atom is -0.370 e. The van der Waals surface area contributed by atoms with Crippen LogP contribution in [-0.2, 0) is 0 Å². The predicted octanol–water partition coefficient (Wildman–Crippen LogP) is 2.84. The van der Waals surface area contributed by atoms with Crippen molar-refractivity contribution in [3.8, 4) is 0 Å². The van der Waals surface area contributed by atoms with Crippen LogP contribution < -0.4 is 5.73 Å². The van der Waals surface area contributed by atoms with Crippen LogP contribution in [-0.4, -0.2) is 30.5 Å². The first-order valence-corrected chi connectivity index (χ1v) is 6.69. The zero-order valence-corrected chi connectivity index (χ0v) is 13.4. The third-order valence-corrected chi connectivity index (χ3v) is 4.35. The van der Waals surface area contributed by atoms with Gasteiger partial charge in [0.2, 0.25) is 0 Å². The average molecular weight is 351 g/mol. The second-order valence-corrected chi connectivity index (χ2v) is 5.74. The van der Waals surface area contributed by atoms with Gasteiger partial charge in [-0.25, -0.2) is 0 Å². The van der Waals surface area contributed by atoms with Gasteiger partial charge in [-0.1, -0.05) is 13.8 Å². The Morgan fingerprint density at radius 3 is 2.29 bits per heavy atom. The van der Waals surface area contributed by atoms with E-state index in [0.29, 0.717) is 5.41 Å². The van der Waals surface area contributed by atoms with Gasteiger partial charge in [0.25, 0.3) is 0 Å². The highest BCUT2D eigenvalue weighted by molar-refractivity contribution is 14.0. The monoisotopic (exact) mass is 351 g/mol. The summed E-state index contributed by atoms with van der Waals surface area (Å²) in [6.45, 7) is 7.75. The molecule has 2 fully saturated rings. The largest absolute Gasteiger partial charge is 0.370 e. The molecule has 0 atom stereocenters. The van der Waals surface area contributed by atoms with Gasteiger partial charge >= 0.3 is 0 Å². The van der Waals surface area contributed by atoms with E-state index in [9.17, 15) is 0 Å². The van der Waals surface area contributed by atoms with Crippen LogP contribution in [0.15, 0.2) is 4.99 Å². The molecule has 1 saturated carbocycles. The van der Waals surface area contributed by atoms with E-state index >= 15 is 0 Å². The molecule has 1 aliphatic heterocycles. The number of piperidine rings is 1. The molecule has 1 heterocycles. The van der Waals surface area contributed by atoms with Crippen molar-refractivity contribution in [2.75, 3.05) is 19.6 Å². The molecular formula is C13H26IN3. The molecule has 1 aliphatic carbocycles. The summed E-state index contributed by atoms with van der Waals surface area (Å²) >= 11 is 0. The summed E-state index contributed by atoms with van der Waals surface area (Å²) in [7, 11) is 0. The summed E-state index contributed by atoms with van der Waals surface area (Å²) in [6, 6.07) is 0. The van der Waals surface area contributed by atoms with Crippen LogP contribution in [0.4, 0.5) is 0 Å². The third-order valence-electron chi connectivity index (χ3n) is 4.35. The molecule has 0 spiro atoms. The van der Waals surface area contributed by atoms with E-state index in [1.54, 1.807) is 0 Å². The topological polar surface area (TPSA) is 41.6 Å². The standard InChI is InChI=1S/C13H25N3.HI/c1-11(2)13(6-7-13)10-15-12(14)16-8-4-3-5-9-16;/h11H,3-10H2,1-2H3,(H2,14,15);1H. The highest BCUT2D eigenvalue weighted by atomic mass is 127. The third kappa shape index (κ3) is 3.73. The summed E-state index contributed by atoms with van der Waals surface area (Å²) in [5.41, 5.74) is 6.55. The van der Waals surface area contributed by atoms with E-state index in [0.717, 1.165) is 31.5 Å². The van der Waals surface area contributed by atoms with Crippen LogP contribution in [0.5, 0.6) is 0 Å². The Labute approximate surface area is 122 Å². The first kappa shape index (κ1) is 15.1. The number of guanidine groups is 1.